The van der Waals surface area contributed by atoms with E-state index in [1.165, 1.54) is 6.92 Å². The normalized spacial score (nSPS) is 15.5. The third-order valence-electron chi connectivity index (χ3n) is 3.09. The van der Waals surface area contributed by atoms with Crippen molar-refractivity contribution in [1.82, 2.24) is 4.90 Å². The van der Waals surface area contributed by atoms with Gasteiger partial charge in [-0.2, -0.15) is 0 Å². The summed E-state index contributed by atoms with van der Waals surface area (Å²) in [5, 5.41) is 0. The molecule has 1 unspecified atom stereocenters. The van der Waals surface area contributed by atoms with Gasteiger partial charge in [0.2, 0.25) is 0 Å². The maximum Gasteiger partial charge on any atom is 0.304 e. The molecule has 0 saturated heterocycles. The minimum Gasteiger partial charge on any atom is -0.441 e. The number of esters is 1. The second-order valence-electron chi connectivity index (χ2n) is 5.22. The predicted octanol–water partition coefficient (Wildman–Crippen LogP) is 2.22. The fourth-order valence-electron chi connectivity index (χ4n) is 2.27. The summed E-state index contributed by atoms with van der Waals surface area (Å²) in [7, 11) is 0. The standard InChI is InChI=1S/C15H17NO4/c1-9(2)8-13(20-10(3)17)16-14(18)11-6-4-5-7-12(11)15(16)19/h4-7,9,13H,8H2,1-3H3. The molecule has 0 saturated carbocycles. The molecule has 5 heteroatoms. The van der Waals surface area contributed by atoms with Crippen LogP contribution < -0.4 is 0 Å². The Morgan fingerprint density at radius 1 is 1.15 bits per heavy atom. The predicted molar refractivity (Wildman–Crippen MR) is 72.0 cm³/mol. The van der Waals surface area contributed by atoms with Gasteiger partial charge in [0.05, 0.1) is 11.1 Å². The number of benzene rings is 1. The highest BCUT2D eigenvalue weighted by molar-refractivity contribution is 6.21. The van der Waals surface area contributed by atoms with Crippen molar-refractivity contribution in [2.24, 2.45) is 5.92 Å². The highest BCUT2D eigenvalue weighted by atomic mass is 16.6. The maximum atomic E-state index is 12.3. The summed E-state index contributed by atoms with van der Waals surface area (Å²) < 4.78 is 5.16. The van der Waals surface area contributed by atoms with Gasteiger partial charge in [-0.15, -0.1) is 0 Å². The van der Waals surface area contributed by atoms with Crippen LogP contribution in [0.2, 0.25) is 0 Å². The summed E-state index contributed by atoms with van der Waals surface area (Å²) in [6.07, 6.45) is -0.426. The molecule has 0 radical (unpaired) electrons. The molecule has 1 aromatic carbocycles. The fourth-order valence-corrected chi connectivity index (χ4v) is 2.27. The van der Waals surface area contributed by atoms with Gasteiger partial charge in [-0.25, -0.2) is 4.90 Å². The molecule has 1 heterocycles. The topological polar surface area (TPSA) is 63.7 Å². The van der Waals surface area contributed by atoms with Crippen LogP contribution >= 0.6 is 0 Å². The first kappa shape index (κ1) is 14.2. The van der Waals surface area contributed by atoms with Gasteiger partial charge in [0.25, 0.3) is 11.8 Å². The Labute approximate surface area is 117 Å². The van der Waals surface area contributed by atoms with Gasteiger partial charge >= 0.3 is 5.97 Å². The van der Waals surface area contributed by atoms with Gasteiger partial charge in [0.1, 0.15) is 0 Å². The molecular weight excluding hydrogens is 258 g/mol. The Morgan fingerprint density at radius 3 is 2.05 bits per heavy atom. The summed E-state index contributed by atoms with van der Waals surface area (Å²) in [4.78, 5) is 36.9. The molecule has 0 spiro atoms. The molecule has 1 aliphatic heterocycles. The Balaban J connectivity index is 2.33. The Morgan fingerprint density at radius 2 is 1.65 bits per heavy atom. The lowest BCUT2D eigenvalue weighted by atomic mass is 10.1. The molecule has 20 heavy (non-hydrogen) atoms. The molecule has 0 fully saturated rings. The molecule has 106 valence electrons. The second kappa shape index (κ2) is 5.45. The van der Waals surface area contributed by atoms with Crippen LogP contribution in [0.4, 0.5) is 0 Å². The summed E-state index contributed by atoms with van der Waals surface area (Å²) in [5.41, 5.74) is 0.719. The summed E-state index contributed by atoms with van der Waals surface area (Å²) in [6.45, 7) is 5.15. The highest BCUT2D eigenvalue weighted by Crippen LogP contribution is 2.27. The number of carbonyl (C=O) groups excluding carboxylic acids is 3. The molecule has 0 aromatic heterocycles. The van der Waals surface area contributed by atoms with Crippen molar-refractivity contribution in [2.45, 2.75) is 33.4 Å². The van der Waals surface area contributed by atoms with E-state index in [1.54, 1.807) is 24.3 Å². The molecule has 0 bridgehead atoms. The van der Waals surface area contributed by atoms with E-state index in [9.17, 15) is 14.4 Å². The van der Waals surface area contributed by atoms with Crippen LogP contribution in [0.1, 0.15) is 47.9 Å². The quantitative estimate of drug-likeness (QED) is 0.624. The summed E-state index contributed by atoms with van der Waals surface area (Å²) in [6, 6.07) is 6.62. The zero-order valence-electron chi connectivity index (χ0n) is 11.8. The third-order valence-corrected chi connectivity index (χ3v) is 3.09. The number of nitrogens with zero attached hydrogens (tertiary/aromatic N) is 1. The Kier molecular flexibility index (Phi) is 3.88. The first-order valence-electron chi connectivity index (χ1n) is 6.56. The van der Waals surface area contributed by atoms with Gasteiger partial charge in [-0.1, -0.05) is 26.0 Å². The van der Waals surface area contributed by atoms with Crippen molar-refractivity contribution in [2.75, 3.05) is 0 Å². The van der Waals surface area contributed by atoms with Crippen molar-refractivity contribution in [1.29, 1.82) is 0 Å². The molecule has 1 atom stereocenters. The van der Waals surface area contributed by atoms with Crippen LogP contribution in [-0.4, -0.2) is 28.9 Å². The Bertz CT molecular complexity index is 530. The zero-order valence-corrected chi connectivity index (χ0v) is 11.8. The summed E-state index contributed by atoms with van der Waals surface area (Å²) in [5.74, 6) is -1.13. The van der Waals surface area contributed by atoms with Crippen LogP contribution in [-0.2, 0) is 9.53 Å². The third kappa shape index (κ3) is 2.57. The SMILES string of the molecule is CC(=O)OC(CC(C)C)N1C(=O)c2ccccc2C1=O. The van der Waals surface area contributed by atoms with Crippen molar-refractivity contribution in [3.8, 4) is 0 Å². The summed E-state index contributed by atoms with van der Waals surface area (Å²) >= 11 is 0. The van der Waals surface area contributed by atoms with Crippen molar-refractivity contribution >= 4 is 17.8 Å². The van der Waals surface area contributed by atoms with E-state index in [1.807, 2.05) is 13.8 Å². The number of ether oxygens (including phenoxy) is 1. The van der Waals surface area contributed by atoms with Crippen molar-refractivity contribution in [3.05, 3.63) is 35.4 Å². The average molecular weight is 275 g/mol. The number of imide groups is 1. The van der Waals surface area contributed by atoms with Gasteiger partial charge in [-0.3, -0.25) is 14.4 Å². The van der Waals surface area contributed by atoms with E-state index < -0.39 is 24.0 Å². The molecule has 5 nitrogen and oxygen atoms in total. The lowest BCUT2D eigenvalue weighted by molar-refractivity contribution is -0.152. The first-order chi connectivity index (χ1) is 9.41. The molecule has 1 aliphatic rings. The van der Waals surface area contributed by atoms with E-state index in [2.05, 4.69) is 0 Å². The zero-order chi connectivity index (χ0) is 14.9. The molecule has 0 aliphatic carbocycles. The molecule has 1 aromatic rings. The minimum atomic E-state index is -0.847. The minimum absolute atomic E-state index is 0.184. The maximum absolute atomic E-state index is 12.3. The van der Waals surface area contributed by atoms with Crippen LogP contribution in [0.5, 0.6) is 0 Å². The van der Waals surface area contributed by atoms with Crippen molar-refractivity contribution < 1.29 is 19.1 Å². The Hall–Kier alpha value is -2.17. The number of rotatable bonds is 4. The smallest absolute Gasteiger partial charge is 0.304 e. The monoisotopic (exact) mass is 275 g/mol. The van der Waals surface area contributed by atoms with E-state index in [0.29, 0.717) is 17.5 Å². The number of hydrogen-bond donors (Lipinski definition) is 0. The van der Waals surface area contributed by atoms with Gasteiger partial charge in [0, 0.05) is 13.3 Å². The molecule has 2 amide bonds. The largest absolute Gasteiger partial charge is 0.441 e. The fraction of sp³-hybridized carbons (Fsp3) is 0.400. The van der Waals surface area contributed by atoms with Gasteiger partial charge in [0.15, 0.2) is 6.23 Å². The lowest BCUT2D eigenvalue weighted by Crippen LogP contribution is -2.43. The van der Waals surface area contributed by atoms with Gasteiger partial charge < -0.3 is 4.74 Å². The van der Waals surface area contributed by atoms with Gasteiger partial charge in [-0.05, 0) is 18.1 Å². The van der Waals surface area contributed by atoms with Crippen LogP contribution in [0, 0.1) is 5.92 Å². The van der Waals surface area contributed by atoms with E-state index in [0.717, 1.165) is 4.90 Å². The average Bonchev–Trinajstić information content (AvgIpc) is 2.61. The second-order valence-corrected chi connectivity index (χ2v) is 5.22. The van der Waals surface area contributed by atoms with Crippen LogP contribution in [0.3, 0.4) is 0 Å². The molecule has 0 N–H and O–H groups in total. The van der Waals surface area contributed by atoms with Crippen LogP contribution in [0.15, 0.2) is 24.3 Å². The number of hydrogen-bond acceptors (Lipinski definition) is 4. The van der Waals surface area contributed by atoms with E-state index in [-0.39, 0.29) is 5.92 Å². The number of carbonyl (C=O) groups is 3. The highest BCUT2D eigenvalue weighted by Gasteiger charge is 2.41. The first-order valence-corrected chi connectivity index (χ1v) is 6.56. The number of fused-ring (bicyclic) bond motifs is 1. The van der Waals surface area contributed by atoms with E-state index in [4.69, 9.17) is 4.74 Å². The molecule has 2 rings (SSSR count). The number of amides is 2. The van der Waals surface area contributed by atoms with Crippen LogP contribution in [0.25, 0.3) is 0 Å². The van der Waals surface area contributed by atoms with Crippen molar-refractivity contribution in [3.63, 3.8) is 0 Å². The van der Waals surface area contributed by atoms with E-state index >= 15 is 0 Å². The lowest BCUT2D eigenvalue weighted by Gasteiger charge is -2.26. The molecular formula is C15H17NO4.